The Hall–Kier alpha value is -11.6. The molecule has 0 aliphatic carbocycles. The number of piperidine rings is 3. The lowest BCUT2D eigenvalue weighted by Crippen LogP contribution is -2.39. The van der Waals surface area contributed by atoms with Crippen LogP contribution in [0.3, 0.4) is 0 Å². The van der Waals surface area contributed by atoms with Crippen molar-refractivity contribution in [3.63, 3.8) is 0 Å². The van der Waals surface area contributed by atoms with Crippen molar-refractivity contribution >= 4 is 75.4 Å². The second kappa shape index (κ2) is 53.0. The van der Waals surface area contributed by atoms with Crippen molar-refractivity contribution < 1.29 is 35.7 Å². The fourth-order valence-corrected chi connectivity index (χ4v) is 22.5. The van der Waals surface area contributed by atoms with Crippen LogP contribution in [0.15, 0.2) is 203 Å². The summed E-state index contributed by atoms with van der Waals surface area (Å²) in [7, 11) is 0. The summed E-state index contributed by atoms with van der Waals surface area (Å²) in [5.74, 6) is 1.19. The highest BCUT2D eigenvalue weighted by Gasteiger charge is 2.30. The van der Waals surface area contributed by atoms with E-state index in [4.69, 9.17) is 15.3 Å². The summed E-state index contributed by atoms with van der Waals surface area (Å²) in [6, 6.07) is 56.0. The van der Waals surface area contributed by atoms with E-state index in [9.17, 15) is 54.0 Å². The van der Waals surface area contributed by atoms with E-state index in [0.717, 1.165) is 394 Å². The maximum atomic E-state index is 12.3. The minimum Gasteiger partial charge on any atom is -0.396 e. The number of nitrogens with one attached hydrogen (secondary N) is 7. The highest BCUT2D eigenvalue weighted by Crippen LogP contribution is 2.33. The largest absolute Gasteiger partial charge is 0.396 e. The zero-order chi connectivity index (χ0) is 104. The lowest BCUT2D eigenvalue weighted by Gasteiger charge is -2.32. The van der Waals surface area contributed by atoms with Crippen LogP contribution in [0, 0.1) is 48.5 Å². The summed E-state index contributed by atoms with van der Waals surface area (Å²) in [5.41, 5.74) is 15.1. The summed E-state index contributed by atoms with van der Waals surface area (Å²) >= 11 is 0. The number of rotatable bonds is 25. The summed E-state index contributed by atoms with van der Waals surface area (Å²) < 4.78 is 0. The van der Waals surface area contributed by atoms with Crippen LogP contribution in [0.25, 0.3) is 75.4 Å². The lowest BCUT2D eigenvalue weighted by atomic mass is 9.91. The van der Waals surface area contributed by atoms with Gasteiger partial charge in [-0.25, -0.2) is 0 Å². The molecule has 0 amide bonds. The van der Waals surface area contributed by atoms with Gasteiger partial charge in [0.2, 0.25) is 0 Å². The molecule has 28 heteroatoms. The number of unbranched alkanes of at least 4 members (excludes halogenated alkanes) is 1. The van der Waals surface area contributed by atoms with Gasteiger partial charge in [0.15, 0.2) is 0 Å². The van der Waals surface area contributed by atoms with Gasteiger partial charge < -0.3 is 100 Å². The second-order valence-corrected chi connectivity index (χ2v) is 41.8. The second-order valence-electron chi connectivity index (χ2n) is 41.8. The molecule has 6 atom stereocenters. The molecule has 7 aliphatic rings. The van der Waals surface area contributed by atoms with Crippen LogP contribution in [0.4, 0.5) is 0 Å². The van der Waals surface area contributed by atoms with E-state index < -0.39 is 0 Å². The van der Waals surface area contributed by atoms with Crippen LogP contribution < -0.4 is 38.9 Å². The quantitative estimate of drug-likeness (QED) is 0.0236. The lowest BCUT2D eigenvalue weighted by molar-refractivity contribution is 0.0710. The van der Waals surface area contributed by atoms with Gasteiger partial charge in [-0.3, -0.25) is 38.5 Å². The molecule has 14 aromatic rings. The number of nitrogens with zero attached hydrogens (tertiary/aromatic N) is 7. The average Bonchev–Trinajstić information content (AvgIpc) is 1.62. The van der Waals surface area contributed by atoms with E-state index in [1.54, 1.807) is 0 Å². The Bertz CT molecular complexity index is 7100. The predicted molar refractivity (Wildman–Crippen MR) is 593 cm³/mol. The molecule has 7 aliphatic heterocycles. The van der Waals surface area contributed by atoms with Crippen molar-refractivity contribution in [2.24, 2.45) is 0 Å². The molecule has 14 N–H and O–H groups in total. The zero-order valence-corrected chi connectivity index (χ0v) is 87.0. The van der Waals surface area contributed by atoms with Crippen LogP contribution >= 0.6 is 0 Å². The Labute approximate surface area is 860 Å². The van der Waals surface area contributed by atoms with Gasteiger partial charge in [-0.1, -0.05) is 84.9 Å². The fraction of sp³-hybridized carbons (Fsp3) is 0.471. The first-order chi connectivity index (χ1) is 71.1. The Morgan fingerprint density at radius 1 is 0.252 bits per heavy atom. The molecule has 0 saturated carbocycles. The molecule has 7 saturated heterocycles. The summed E-state index contributed by atoms with van der Waals surface area (Å²) in [5, 5.41) is 77.8. The van der Waals surface area contributed by atoms with Crippen LogP contribution in [-0.2, 0) is 25.7 Å². The van der Waals surface area contributed by atoms with Crippen molar-refractivity contribution in [2.75, 3.05) is 157 Å². The minimum absolute atomic E-state index is 0.00167. The smallest absolute Gasteiger partial charge is 0.256 e. The van der Waals surface area contributed by atoms with Gasteiger partial charge in [0, 0.05) is 219 Å². The normalized spacial score (nSPS) is 19.3. The molecule has 28 nitrogen and oxygen atoms in total. The van der Waals surface area contributed by atoms with E-state index in [0.29, 0.717) is 30.3 Å². The van der Waals surface area contributed by atoms with Crippen LogP contribution in [0.2, 0.25) is 0 Å². The highest BCUT2D eigenvalue weighted by molar-refractivity contribution is 5.90. The molecular formula is C119H154N14O14. The molecule has 147 heavy (non-hydrogen) atoms. The minimum atomic E-state index is -0.198. The van der Waals surface area contributed by atoms with Crippen molar-refractivity contribution in [1.29, 1.82) is 0 Å². The van der Waals surface area contributed by atoms with Gasteiger partial charge in [-0.15, -0.1) is 0 Å². The first-order valence-corrected chi connectivity index (χ1v) is 53.5. The number of benzene rings is 7. The third-order valence-electron chi connectivity index (χ3n) is 31.1. The van der Waals surface area contributed by atoms with Gasteiger partial charge in [0.05, 0.1) is 31.5 Å². The number of aliphatic hydroxyl groups excluding tert-OH is 7. The number of aliphatic hydroxyl groups is 7. The topological polar surface area (TPSA) is 394 Å². The molecule has 3 unspecified atom stereocenters. The summed E-state index contributed by atoms with van der Waals surface area (Å²) in [4.78, 5) is 123. The molecule has 14 heterocycles. The third-order valence-corrected chi connectivity index (χ3v) is 31.1. The Morgan fingerprint density at radius 3 is 0.864 bits per heavy atom. The monoisotopic (exact) mass is 2000 g/mol. The fourth-order valence-electron chi connectivity index (χ4n) is 22.5. The van der Waals surface area contributed by atoms with Crippen molar-refractivity contribution in [3.05, 3.63) is 321 Å². The molecule has 7 fully saturated rings. The molecular weight excluding hydrogens is 1850 g/mol. The molecule has 7 aromatic heterocycles. The third kappa shape index (κ3) is 29.4. The molecule has 0 spiro atoms. The number of pyridine rings is 7. The Balaban J connectivity index is 0.000000129. The predicted octanol–water partition coefficient (Wildman–Crippen LogP) is 13.4. The highest BCUT2D eigenvalue weighted by atomic mass is 16.3. The van der Waals surface area contributed by atoms with Gasteiger partial charge in [-0.2, -0.15) is 0 Å². The Morgan fingerprint density at radius 2 is 0.531 bits per heavy atom. The maximum absolute atomic E-state index is 12.3. The van der Waals surface area contributed by atoms with Gasteiger partial charge in [0.25, 0.3) is 38.9 Å². The SMILES string of the molecule is Cc1cccc2c(=O)[nH]c(C3CCN(CCCCO)CC3)cc12.Cc1cccc2c(=O)[nH]c(C3CCN(CCCO)C3)cc12.Cc1cccc2c(=O)[nH]c(C3CCN(CCO)C3)cc12.Cc1cccc2c(=O)[nH]c(CCN3CCCC(O)C3)cc12.Cc1cccc2c(=O)[nH]c(CCN3CCC[C@@H](O)C3)cc12.Cc1cccc2c(=O)[nH]c(CCN3CCC[C@@H]3CO)cc12.Cc1cccc2c(=O)[nH]c(CCN3CC[C@H](O)C3)cc12. The van der Waals surface area contributed by atoms with E-state index in [1.165, 1.54) is 0 Å². The number of hydrogen-bond acceptors (Lipinski definition) is 21. The number of aromatic amines is 7. The van der Waals surface area contributed by atoms with Gasteiger partial charge in [0.1, 0.15) is 0 Å². The van der Waals surface area contributed by atoms with Crippen LogP contribution in [0.1, 0.15) is 186 Å². The average molecular weight is 2000 g/mol. The van der Waals surface area contributed by atoms with Crippen molar-refractivity contribution in [3.8, 4) is 0 Å². The number of β-amino-alcohol motifs (C(OH)–C–C–N with tert-alkyl or cyclic N) is 4. The first kappa shape index (κ1) is 110. The standard InChI is InChI=1S/C19H26N2O2.4C17H22N2O2.2C16H20N2O2/c1-14-5-4-6-16-17(14)13-18(20-19(16)23)15-7-10-21(11-8-15)9-2-3-12-22;1-12-4-2-6-15-16(12)10-13(18-17(15)21)7-9-19-8-3-5-14(19)11-20;2*1-12-4-2-6-15-16(12)10-13(18-17(15)21)7-9-19-8-3-5-14(20)11-19;1-12-4-2-5-14-15(12)10-16(18-17(14)21)13-6-8-19(11-13)7-3-9-20;1-11-3-2-4-14-15(11)9-12(17-16(14)20)5-7-18-8-6-13(19)10-18;1-11-3-2-4-13-14(11)9-15(17-16(13)20)12-5-6-18(10-12)7-8-19/h4-6,13,15,22H,2-3,7-12H2,1H3,(H,20,23);3*2,4,6,10,14,20H,3,5,7-9,11H2,1H3,(H,18,21);2,4-5,10,13,20H,3,6-9,11H2,1H3,(H,18,21);2-4,9,13,19H,5-8,10H2,1H3,(H,17,20);2-4,9,12,19H,5-8,10H2,1H3,(H,17,20)/t;2*14-;;;13-;/m.11..0./s1. The molecule has 0 radical (unpaired) electrons. The van der Waals surface area contributed by atoms with Crippen LogP contribution in [-0.4, -0.2) is 287 Å². The molecule has 21 rings (SSSR count). The van der Waals surface area contributed by atoms with E-state index in [-0.39, 0.29) is 83.7 Å². The number of H-pyrrole nitrogens is 7. The number of fused-ring (bicyclic) bond motifs is 7. The summed E-state index contributed by atoms with van der Waals surface area (Å²) in [6.45, 7) is 33.8. The molecule has 0 bridgehead atoms. The van der Waals surface area contributed by atoms with E-state index in [2.05, 4.69) is 125 Å². The van der Waals surface area contributed by atoms with Crippen molar-refractivity contribution in [2.45, 2.75) is 206 Å². The van der Waals surface area contributed by atoms with Crippen LogP contribution in [0.5, 0.6) is 0 Å². The number of aromatic nitrogens is 7. The maximum Gasteiger partial charge on any atom is 0.256 e. The number of likely N-dealkylation sites (tertiary alicyclic amines) is 7. The number of hydrogen-bond donors (Lipinski definition) is 14. The van der Waals surface area contributed by atoms with Gasteiger partial charge in [-0.05, 0) is 352 Å². The summed E-state index contributed by atoms with van der Waals surface area (Å²) in [6.07, 6.45) is 16.7. The number of aryl methyl sites for hydroxylation is 7. The van der Waals surface area contributed by atoms with E-state index >= 15 is 0 Å². The Kier molecular flexibility index (Phi) is 39.6. The molecule has 784 valence electrons. The van der Waals surface area contributed by atoms with E-state index in [1.807, 2.05) is 163 Å². The molecule has 7 aromatic carbocycles. The van der Waals surface area contributed by atoms with Crippen molar-refractivity contribution in [1.82, 2.24) is 69.2 Å². The first-order valence-electron chi connectivity index (χ1n) is 53.5. The van der Waals surface area contributed by atoms with Gasteiger partial charge >= 0.3 is 0 Å². The zero-order valence-electron chi connectivity index (χ0n) is 87.0.